The topological polar surface area (TPSA) is 148 Å². The number of carbonyl (C=O) groups is 2. The van der Waals surface area contributed by atoms with Crippen LogP contribution in [-0.2, 0) is 16.0 Å². The zero-order valence-corrected chi connectivity index (χ0v) is 11.3. The minimum atomic E-state index is -1.33. The number of aliphatic hydroxyl groups is 3. The quantitative estimate of drug-likeness (QED) is 0.479. The van der Waals surface area contributed by atoms with Crippen LogP contribution in [0.4, 0.5) is 0 Å². The van der Waals surface area contributed by atoms with Gasteiger partial charge in [-0.25, -0.2) is 4.98 Å². The maximum absolute atomic E-state index is 11.3. The van der Waals surface area contributed by atoms with Crippen molar-refractivity contribution >= 4 is 11.7 Å². The maximum Gasteiger partial charge on any atom is 0.269 e. The number of nitrogens with two attached hydrogens (primary N) is 1. The van der Waals surface area contributed by atoms with Crippen molar-refractivity contribution in [2.45, 2.75) is 37.9 Å². The molecule has 4 atom stereocenters. The Hall–Kier alpha value is -1.81. The molecule has 0 spiro atoms. The molecule has 21 heavy (non-hydrogen) atoms. The normalized spacial score (nSPS) is 28.8. The van der Waals surface area contributed by atoms with E-state index in [1.165, 1.54) is 17.8 Å². The first-order valence-electron chi connectivity index (χ1n) is 6.34. The van der Waals surface area contributed by atoms with Crippen LogP contribution in [0.3, 0.4) is 0 Å². The van der Waals surface area contributed by atoms with Gasteiger partial charge in [0, 0.05) is 6.42 Å². The number of amides is 1. The van der Waals surface area contributed by atoms with Gasteiger partial charge in [-0.05, 0) is 6.92 Å². The lowest BCUT2D eigenvalue weighted by molar-refractivity contribution is -0.116. The number of imidazole rings is 1. The van der Waals surface area contributed by atoms with Crippen LogP contribution < -0.4 is 5.73 Å². The van der Waals surface area contributed by atoms with Crippen molar-refractivity contribution in [2.75, 3.05) is 6.61 Å². The molecule has 1 saturated heterocycles. The fourth-order valence-electron chi connectivity index (χ4n) is 2.33. The smallest absolute Gasteiger partial charge is 0.269 e. The fourth-order valence-corrected chi connectivity index (χ4v) is 2.33. The molecule has 9 nitrogen and oxygen atoms in total. The van der Waals surface area contributed by atoms with E-state index in [4.69, 9.17) is 15.6 Å². The Bertz CT molecular complexity index is 557. The highest BCUT2D eigenvalue weighted by atomic mass is 16.6. The number of carbonyl (C=O) groups excluding carboxylic acids is 2. The molecule has 2 heterocycles. The average molecular weight is 299 g/mol. The summed E-state index contributed by atoms with van der Waals surface area (Å²) in [5.74, 6) is -1.04. The molecule has 1 aliphatic heterocycles. The van der Waals surface area contributed by atoms with Gasteiger partial charge in [-0.3, -0.25) is 9.59 Å². The fraction of sp³-hybridized carbons (Fsp3) is 0.583. The van der Waals surface area contributed by atoms with Crippen LogP contribution in [0.25, 0.3) is 0 Å². The van der Waals surface area contributed by atoms with Gasteiger partial charge >= 0.3 is 0 Å². The van der Waals surface area contributed by atoms with Gasteiger partial charge in [0.05, 0.1) is 18.6 Å². The molecule has 0 bridgehead atoms. The lowest BCUT2D eigenvalue weighted by atomic mass is 10.1. The number of Topliss-reactive ketones (excluding diaryl/α,β-unsaturated/α-hetero) is 1. The van der Waals surface area contributed by atoms with Crippen LogP contribution in [-0.4, -0.2) is 61.5 Å². The Morgan fingerprint density at radius 1 is 1.43 bits per heavy atom. The second kappa shape index (κ2) is 5.90. The Morgan fingerprint density at radius 2 is 2.10 bits per heavy atom. The van der Waals surface area contributed by atoms with Gasteiger partial charge in [0.2, 0.25) is 0 Å². The number of ketones is 1. The molecule has 0 aliphatic carbocycles. The first-order valence-corrected chi connectivity index (χ1v) is 6.34. The van der Waals surface area contributed by atoms with Crippen LogP contribution in [0.15, 0.2) is 6.33 Å². The van der Waals surface area contributed by atoms with Gasteiger partial charge < -0.3 is 30.4 Å². The Kier molecular flexibility index (Phi) is 4.37. The third-order valence-corrected chi connectivity index (χ3v) is 3.34. The molecule has 1 amide bonds. The molecule has 5 N–H and O–H groups in total. The first-order chi connectivity index (χ1) is 9.86. The Balaban J connectivity index is 2.40. The number of hydrogen-bond acceptors (Lipinski definition) is 7. The molecule has 0 aromatic carbocycles. The van der Waals surface area contributed by atoms with E-state index in [2.05, 4.69) is 4.98 Å². The van der Waals surface area contributed by atoms with Crippen molar-refractivity contribution in [3.63, 3.8) is 0 Å². The summed E-state index contributed by atoms with van der Waals surface area (Å²) in [5, 5.41) is 28.8. The molecular weight excluding hydrogens is 282 g/mol. The summed E-state index contributed by atoms with van der Waals surface area (Å²) in [7, 11) is 0. The highest BCUT2D eigenvalue weighted by Crippen LogP contribution is 2.31. The predicted octanol–water partition coefficient (Wildman–Crippen LogP) is -2.27. The number of aliphatic hydroxyl groups excluding tert-OH is 3. The highest BCUT2D eigenvalue weighted by Gasteiger charge is 2.44. The van der Waals surface area contributed by atoms with E-state index in [-0.39, 0.29) is 23.6 Å². The van der Waals surface area contributed by atoms with Gasteiger partial charge in [0.15, 0.2) is 6.23 Å². The number of ether oxygens (including phenoxy) is 1. The zero-order valence-electron chi connectivity index (χ0n) is 11.3. The number of nitrogens with zero attached hydrogens (tertiary/aromatic N) is 2. The van der Waals surface area contributed by atoms with E-state index in [1.807, 2.05) is 0 Å². The second-order valence-electron chi connectivity index (χ2n) is 4.92. The van der Waals surface area contributed by atoms with Crippen LogP contribution in [0.1, 0.15) is 29.3 Å². The van der Waals surface area contributed by atoms with Crippen LogP contribution in [0.5, 0.6) is 0 Å². The van der Waals surface area contributed by atoms with Crippen LogP contribution >= 0.6 is 0 Å². The van der Waals surface area contributed by atoms with E-state index in [0.29, 0.717) is 0 Å². The largest absolute Gasteiger partial charge is 0.394 e. The van der Waals surface area contributed by atoms with Gasteiger partial charge in [0.1, 0.15) is 29.8 Å². The summed E-state index contributed by atoms with van der Waals surface area (Å²) in [6.07, 6.45) is -3.56. The highest BCUT2D eigenvalue weighted by molar-refractivity contribution is 5.93. The van der Waals surface area contributed by atoms with Crippen molar-refractivity contribution in [1.29, 1.82) is 0 Å². The molecule has 9 heteroatoms. The standard InChI is InChI=1S/C12H17N3O6/c1-5(17)2-6-8(11(13)20)14-4-15(6)12-10(19)9(18)7(3-16)21-12/h4,7,9-10,12,16,18-19H,2-3H2,1H3,(H2,13,20)/t7-,9-,10-,12-/m1/s1. The Labute approximate surface area is 120 Å². The number of aromatic nitrogens is 2. The second-order valence-corrected chi connectivity index (χ2v) is 4.92. The van der Waals surface area contributed by atoms with Crippen LogP contribution in [0.2, 0.25) is 0 Å². The molecule has 0 unspecified atom stereocenters. The number of hydrogen-bond donors (Lipinski definition) is 4. The lowest BCUT2D eigenvalue weighted by Crippen LogP contribution is -2.33. The van der Waals surface area contributed by atoms with Gasteiger partial charge in [-0.1, -0.05) is 0 Å². The predicted molar refractivity (Wildman–Crippen MR) is 68.1 cm³/mol. The van der Waals surface area contributed by atoms with Crippen molar-refractivity contribution < 1.29 is 29.6 Å². The van der Waals surface area contributed by atoms with E-state index < -0.39 is 37.1 Å². The van der Waals surface area contributed by atoms with Crippen LogP contribution in [0, 0.1) is 0 Å². The summed E-state index contributed by atoms with van der Waals surface area (Å²) in [6, 6.07) is 0. The van der Waals surface area contributed by atoms with Gasteiger partial charge in [0.25, 0.3) is 5.91 Å². The van der Waals surface area contributed by atoms with Crippen molar-refractivity contribution in [2.24, 2.45) is 5.73 Å². The Morgan fingerprint density at radius 3 is 2.57 bits per heavy atom. The minimum absolute atomic E-state index is 0.0945. The average Bonchev–Trinajstić information content (AvgIpc) is 2.92. The molecule has 116 valence electrons. The van der Waals surface area contributed by atoms with Crippen molar-refractivity contribution in [3.05, 3.63) is 17.7 Å². The zero-order chi connectivity index (χ0) is 15.7. The van der Waals surface area contributed by atoms with E-state index in [1.54, 1.807) is 0 Å². The maximum atomic E-state index is 11.3. The number of primary amides is 1. The molecule has 2 rings (SSSR count). The molecule has 1 fully saturated rings. The van der Waals surface area contributed by atoms with Crippen molar-refractivity contribution in [1.82, 2.24) is 9.55 Å². The molecular formula is C12H17N3O6. The minimum Gasteiger partial charge on any atom is -0.394 e. The third kappa shape index (κ3) is 2.81. The summed E-state index contributed by atoms with van der Waals surface area (Å²) < 4.78 is 6.63. The van der Waals surface area contributed by atoms with E-state index in [9.17, 15) is 19.8 Å². The van der Waals surface area contributed by atoms with Gasteiger partial charge in [-0.15, -0.1) is 0 Å². The van der Waals surface area contributed by atoms with E-state index in [0.717, 1.165) is 0 Å². The van der Waals surface area contributed by atoms with Crippen molar-refractivity contribution in [3.8, 4) is 0 Å². The molecule has 1 aromatic rings. The summed E-state index contributed by atoms with van der Waals surface area (Å²) in [6.45, 7) is 0.855. The first kappa shape index (κ1) is 15.6. The number of rotatable bonds is 5. The summed E-state index contributed by atoms with van der Waals surface area (Å²) >= 11 is 0. The SMILES string of the molecule is CC(=O)Cc1c(C(N)=O)ncn1[C@@H]1O[C@H](CO)[C@@H](O)[C@H]1O. The van der Waals surface area contributed by atoms with Gasteiger partial charge in [-0.2, -0.15) is 0 Å². The lowest BCUT2D eigenvalue weighted by Gasteiger charge is -2.19. The summed E-state index contributed by atoms with van der Waals surface area (Å²) in [4.78, 5) is 26.5. The van der Waals surface area contributed by atoms with E-state index >= 15 is 0 Å². The monoisotopic (exact) mass is 299 g/mol. The third-order valence-electron chi connectivity index (χ3n) is 3.34. The molecule has 0 radical (unpaired) electrons. The molecule has 1 aromatic heterocycles. The molecule has 0 saturated carbocycles. The molecule has 1 aliphatic rings. The summed E-state index contributed by atoms with van der Waals surface area (Å²) in [5.41, 5.74) is 5.30.